The molecule has 1 rings (SSSR count). The summed E-state index contributed by atoms with van der Waals surface area (Å²) in [5, 5.41) is 1.16. The van der Waals surface area contributed by atoms with Crippen LogP contribution in [-0.4, -0.2) is 0 Å². The number of hydrogen-bond acceptors (Lipinski definition) is 0. The van der Waals surface area contributed by atoms with E-state index in [1.54, 1.807) is 0 Å². The molecule has 0 aliphatic heterocycles. The topological polar surface area (TPSA) is 0 Å². The highest BCUT2D eigenvalue weighted by Gasteiger charge is 1.82. The molecule has 1 heteroatoms. The minimum atomic E-state index is 0.932. The minimum absolute atomic E-state index is 0.932. The molecule has 0 aliphatic rings. The van der Waals surface area contributed by atoms with Gasteiger partial charge in [-0.05, 0) is 17.4 Å². The molecule has 0 saturated heterocycles. The predicted molar refractivity (Wildman–Crippen MR) is 43.7 cm³/mol. The summed E-state index contributed by atoms with van der Waals surface area (Å²) in [6.07, 6.45) is 5.14. The SMILES string of the molecule is C#Cc1ccc(P)cc1. The number of hydrogen-bond donors (Lipinski definition) is 0. The molecule has 0 nitrogen and oxygen atoms in total. The lowest BCUT2D eigenvalue weighted by Crippen LogP contribution is -1.86. The maximum absolute atomic E-state index is 5.14. The monoisotopic (exact) mass is 134 g/mol. The fourth-order valence-electron chi connectivity index (χ4n) is 0.579. The average molecular weight is 134 g/mol. The number of benzene rings is 1. The van der Waals surface area contributed by atoms with Gasteiger partial charge in [-0.3, -0.25) is 0 Å². The second-order valence-corrected chi connectivity index (χ2v) is 2.43. The highest BCUT2D eigenvalue weighted by molar-refractivity contribution is 7.27. The Morgan fingerprint density at radius 2 is 1.78 bits per heavy atom. The van der Waals surface area contributed by atoms with Gasteiger partial charge in [0.05, 0.1) is 0 Å². The van der Waals surface area contributed by atoms with Crippen molar-refractivity contribution < 1.29 is 0 Å². The molecular formula is C8H7P. The highest BCUT2D eigenvalue weighted by atomic mass is 31.0. The van der Waals surface area contributed by atoms with E-state index in [0.717, 1.165) is 10.9 Å². The van der Waals surface area contributed by atoms with Gasteiger partial charge in [0.25, 0.3) is 0 Å². The summed E-state index contributed by atoms with van der Waals surface area (Å²) >= 11 is 0. The van der Waals surface area contributed by atoms with Gasteiger partial charge in [0.2, 0.25) is 0 Å². The molecule has 1 aromatic carbocycles. The van der Waals surface area contributed by atoms with Crippen LogP contribution < -0.4 is 5.30 Å². The fraction of sp³-hybridized carbons (Fsp3) is 0. The van der Waals surface area contributed by atoms with Crippen molar-refractivity contribution in [2.75, 3.05) is 0 Å². The summed E-state index contributed by atoms with van der Waals surface area (Å²) in [6.45, 7) is 0. The zero-order valence-electron chi connectivity index (χ0n) is 4.96. The van der Waals surface area contributed by atoms with Crippen LogP contribution in [0.5, 0.6) is 0 Å². The maximum atomic E-state index is 5.14. The van der Waals surface area contributed by atoms with E-state index < -0.39 is 0 Å². The molecule has 0 aromatic heterocycles. The van der Waals surface area contributed by atoms with Gasteiger partial charge in [0.1, 0.15) is 0 Å². The van der Waals surface area contributed by atoms with E-state index in [2.05, 4.69) is 15.2 Å². The van der Waals surface area contributed by atoms with E-state index >= 15 is 0 Å². The first kappa shape index (κ1) is 6.33. The van der Waals surface area contributed by atoms with Crippen molar-refractivity contribution in [2.24, 2.45) is 0 Å². The average Bonchev–Trinajstić information content (AvgIpc) is 1.90. The third kappa shape index (κ3) is 1.56. The van der Waals surface area contributed by atoms with Crippen LogP contribution in [0.15, 0.2) is 24.3 Å². The van der Waals surface area contributed by atoms with Crippen LogP contribution in [0.1, 0.15) is 5.56 Å². The molecule has 9 heavy (non-hydrogen) atoms. The van der Waals surface area contributed by atoms with E-state index in [4.69, 9.17) is 6.42 Å². The van der Waals surface area contributed by atoms with E-state index in [1.807, 2.05) is 24.3 Å². The molecule has 44 valence electrons. The Kier molecular flexibility index (Phi) is 1.88. The molecule has 0 amide bonds. The molecule has 0 heterocycles. The first-order valence-electron chi connectivity index (χ1n) is 2.65. The van der Waals surface area contributed by atoms with E-state index in [-0.39, 0.29) is 0 Å². The standard InChI is InChI=1S/C8H7P/c1-2-7-3-5-8(9)6-4-7/h1,3-6H,9H2. The van der Waals surface area contributed by atoms with E-state index in [1.165, 1.54) is 0 Å². The van der Waals surface area contributed by atoms with Crippen molar-refractivity contribution in [3.05, 3.63) is 29.8 Å². The Labute approximate surface area is 57.5 Å². The summed E-state index contributed by atoms with van der Waals surface area (Å²) < 4.78 is 0. The lowest BCUT2D eigenvalue weighted by molar-refractivity contribution is 1.70. The second-order valence-electron chi connectivity index (χ2n) is 1.77. The number of terminal acetylenes is 1. The van der Waals surface area contributed by atoms with Gasteiger partial charge >= 0.3 is 0 Å². The van der Waals surface area contributed by atoms with Crippen molar-refractivity contribution in [1.82, 2.24) is 0 Å². The van der Waals surface area contributed by atoms with Crippen LogP contribution in [0.25, 0.3) is 0 Å². The van der Waals surface area contributed by atoms with Crippen molar-refractivity contribution in [3.63, 3.8) is 0 Å². The molecule has 1 aromatic rings. The molecule has 0 bridgehead atoms. The summed E-state index contributed by atoms with van der Waals surface area (Å²) in [5.74, 6) is 2.54. The van der Waals surface area contributed by atoms with Crippen LogP contribution in [0.4, 0.5) is 0 Å². The van der Waals surface area contributed by atoms with Crippen molar-refractivity contribution in [2.45, 2.75) is 0 Å². The first-order chi connectivity index (χ1) is 4.33. The lowest BCUT2D eigenvalue weighted by atomic mass is 10.2. The molecular weight excluding hydrogens is 127 g/mol. The van der Waals surface area contributed by atoms with Crippen molar-refractivity contribution >= 4 is 14.5 Å². The molecule has 0 N–H and O–H groups in total. The van der Waals surface area contributed by atoms with Gasteiger partial charge in [-0.15, -0.1) is 15.7 Å². The third-order valence-corrected chi connectivity index (χ3v) is 1.46. The quantitative estimate of drug-likeness (QED) is 0.369. The molecule has 1 atom stereocenters. The fourth-order valence-corrected chi connectivity index (χ4v) is 0.772. The Morgan fingerprint density at radius 1 is 1.22 bits per heavy atom. The second kappa shape index (κ2) is 2.67. The molecule has 0 saturated carbocycles. The zero-order chi connectivity index (χ0) is 6.69. The normalized spacial score (nSPS) is 8.44. The minimum Gasteiger partial charge on any atom is -0.115 e. The van der Waals surface area contributed by atoms with Gasteiger partial charge in [-0.2, -0.15) is 0 Å². The van der Waals surface area contributed by atoms with Gasteiger partial charge < -0.3 is 0 Å². The Morgan fingerprint density at radius 3 is 2.22 bits per heavy atom. The molecule has 0 fully saturated rings. The van der Waals surface area contributed by atoms with Crippen LogP contribution in [0.2, 0.25) is 0 Å². The first-order valence-corrected chi connectivity index (χ1v) is 3.23. The molecule has 0 radical (unpaired) electrons. The van der Waals surface area contributed by atoms with Gasteiger partial charge in [-0.25, -0.2) is 0 Å². The highest BCUT2D eigenvalue weighted by Crippen LogP contribution is 1.95. The Bertz CT molecular complexity index is 228. The van der Waals surface area contributed by atoms with Crippen LogP contribution in [-0.2, 0) is 0 Å². The smallest absolute Gasteiger partial charge is 0.0243 e. The Balaban J connectivity index is 3.06. The molecule has 0 spiro atoms. The Hall–Kier alpha value is -0.790. The van der Waals surface area contributed by atoms with E-state index in [9.17, 15) is 0 Å². The van der Waals surface area contributed by atoms with Crippen LogP contribution in [0, 0.1) is 12.3 Å². The van der Waals surface area contributed by atoms with Gasteiger partial charge in [0, 0.05) is 5.56 Å². The maximum Gasteiger partial charge on any atom is 0.0243 e. The van der Waals surface area contributed by atoms with Crippen molar-refractivity contribution in [3.8, 4) is 12.3 Å². The summed E-state index contributed by atoms with van der Waals surface area (Å²) in [5.41, 5.74) is 0.932. The van der Waals surface area contributed by atoms with Crippen molar-refractivity contribution in [1.29, 1.82) is 0 Å². The largest absolute Gasteiger partial charge is 0.115 e. The zero-order valence-corrected chi connectivity index (χ0v) is 6.12. The summed E-state index contributed by atoms with van der Waals surface area (Å²) in [6, 6.07) is 7.78. The van der Waals surface area contributed by atoms with Crippen LogP contribution in [0.3, 0.4) is 0 Å². The lowest BCUT2D eigenvalue weighted by Gasteiger charge is -1.89. The van der Waals surface area contributed by atoms with Crippen LogP contribution >= 0.6 is 9.24 Å². The predicted octanol–water partition coefficient (Wildman–Crippen LogP) is 1.17. The van der Waals surface area contributed by atoms with Gasteiger partial charge in [0.15, 0.2) is 0 Å². The van der Waals surface area contributed by atoms with E-state index in [0.29, 0.717) is 0 Å². The third-order valence-electron chi connectivity index (χ3n) is 1.08. The molecule has 1 unspecified atom stereocenters. The summed E-state index contributed by atoms with van der Waals surface area (Å²) in [7, 11) is 2.60. The number of rotatable bonds is 0. The summed E-state index contributed by atoms with van der Waals surface area (Å²) in [4.78, 5) is 0. The van der Waals surface area contributed by atoms with Gasteiger partial charge in [-0.1, -0.05) is 18.1 Å². The molecule has 0 aliphatic carbocycles.